The highest BCUT2D eigenvalue weighted by atomic mass is 19.4. The van der Waals surface area contributed by atoms with Crippen molar-refractivity contribution in [2.24, 2.45) is 5.92 Å². The molecule has 1 fully saturated rings. The number of nitrogens with zero attached hydrogens (tertiary/aromatic N) is 2. The van der Waals surface area contributed by atoms with Crippen molar-refractivity contribution in [1.82, 2.24) is 9.55 Å². The van der Waals surface area contributed by atoms with E-state index in [0.29, 0.717) is 22.8 Å². The molecule has 0 N–H and O–H groups in total. The molecule has 4 rings (SSSR count). The smallest absolute Gasteiger partial charge is 0.416 e. The van der Waals surface area contributed by atoms with Gasteiger partial charge >= 0.3 is 12.1 Å². The van der Waals surface area contributed by atoms with Crippen molar-refractivity contribution in [3.8, 4) is 11.4 Å². The van der Waals surface area contributed by atoms with Crippen molar-refractivity contribution in [3.05, 3.63) is 54.1 Å². The van der Waals surface area contributed by atoms with Gasteiger partial charge in [-0.3, -0.25) is 4.79 Å². The molecular weight excluding hydrogens is 393 g/mol. The highest BCUT2D eigenvalue weighted by Gasteiger charge is 2.30. The Morgan fingerprint density at radius 2 is 1.87 bits per heavy atom. The number of hydrogen-bond acceptors (Lipinski definition) is 3. The maximum absolute atomic E-state index is 12.9. The zero-order valence-corrected chi connectivity index (χ0v) is 16.7. The normalized spacial score (nSPS) is 19.7. The molecule has 30 heavy (non-hydrogen) atoms. The van der Waals surface area contributed by atoms with E-state index < -0.39 is 11.7 Å². The number of halogens is 3. The molecule has 0 spiro atoms. The van der Waals surface area contributed by atoms with Crippen molar-refractivity contribution in [3.63, 3.8) is 0 Å². The Labute approximate surface area is 172 Å². The van der Waals surface area contributed by atoms with E-state index in [2.05, 4.69) is 11.9 Å². The van der Waals surface area contributed by atoms with Crippen LogP contribution in [0.3, 0.4) is 0 Å². The van der Waals surface area contributed by atoms with Gasteiger partial charge in [0.05, 0.1) is 16.6 Å². The van der Waals surface area contributed by atoms with Crippen molar-refractivity contribution >= 4 is 17.0 Å². The Balaban J connectivity index is 1.63. The molecule has 1 aromatic heterocycles. The van der Waals surface area contributed by atoms with Gasteiger partial charge < -0.3 is 9.30 Å². The standard InChI is InChI=1S/C23H23F3N2O2/c1-15-5-4-6-18(13-15)30-21(29)14-28-20-8-3-2-7-19(20)27-22(28)16-9-11-17(12-10-16)23(24,25)26/h2-3,7-12,15,18H,4-6,13-14H2,1H3. The minimum atomic E-state index is -4.40. The minimum absolute atomic E-state index is 0.0399. The molecule has 3 aromatic rings. The molecule has 4 nitrogen and oxygen atoms in total. The second-order valence-electron chi connectivity index (χ2n) is 7.97. The van der Waals surface area contributed by atoms with Gasteiger partial charge in [0, 0.05) is 5.56 Å². The third kappa shape index (κ3) is 4.35. The SMILES string of the molecule is CC1CCCC(OC(=O)Cn2c(-c3ccc(C(F)(F)F)cc3)nc3ccccc32)C1. The van der Waals surface area contributed by atoms with Gasteiger partial charge in [-0.25, -0.2) is 4.98 Å². The van der Waals surface area contributed by atoms with Crippen LogP contribution in [0.15, 0.2) is 48.5 Å². The van der Waals surface area contributed by atoms with Crippen LogP contribution >= 0.6 is 0 Å². The monoisotopic (exact) mass is 416 g/mol. The molecule has 0 bridgehead atoms. The van der Waals surface area contributed by atoms with Gasteiger partial charge in [0.25, 0.3) is 0 Å². The summed E-state index contributed by atoms with van der Waals surface area (Å²) >= 11 is 0. The van der Waals surface area contributed by atoms with Gasteiger partial charge in [-0.15, -0.1) is 0 Å². The molecular formula is C23H23F3N2O2. The summed E-state index contributed by atoms with van der Waals surface area (Å²) in [6.45, 7) is 2.12. The fourth-order valence-electron chi connectivity index (χ4n) is 4.10. The van der Waals surface area contributed by atoms with E-state index in [4.69, 9.17) is 4.74 Å². The highest BCUT2D eigenvalue weighted by molar-refractivity contribution is 5.83. The van der Waals surface area contributed by atoms with E-state index in [0.717, 1.165) is 43.3 Å². The van der Waals surface area contributed by atoms with E-state index in [1.54, 1.807) is 4.57 Å². The summed E-state index contributed by atoms with van der Waals surface area (Å²) in [7, 11) is 0. The number of carbonyl (C=O) groups is 1. The Bertz CT molecular complexity index is 1040. The molecule has 1 heterocycles. The molecule has 0 saturated heterocycles. The Morgan fingerprint density at radius 3 is 2.57 bits per heavy atom. The van der Waals surface area contributed by atoms with Crippen LogP contribution in [0.2, 0.25) is 0 Å². The molecule has 158 valence electrons. The number of alkyl halides is 3. The predicted octanol–water partition coefficient (Wildman–Crippen LogP) is 5.84. The lowest BCUT2D eigenvalue weighted by atomic mass is 9.89. The third-order valence-corrected chi connectivity index (χ3v) is 5.60. The fraction of sp³-hybridized carbons (Fsp3) is 0.391. The van der Waals surface area contributed by atoms with E-state index >= 15 is 0 Å². The summed E-state index contributed by atoms with van der Waals surface area (Å²) in [5.41, 5.74) is 1.20. The first kappa shape index (κ1) is 20.4. The molecule has 2 aromatic carbocycles. The summed E-state index contributed by atoms with van der Waals surface area (Å²) in [5, 5.41) is 0. The fourth-order valence-corrected chi connectivity index (χ4v) is 4.10. The average Bonchev–Trinajstić information content (AvgIpc) is 3.06. The highest BCUT2D eigenvalue weighted by Crippen LogP contribution is 2.32. The van der Waals surface area contributed by atoms with Crippen LogP contribution in [0.1, 0.15) is 38.2 Å². The molecule has 0 radical (unpaired) electrons. The molecule has 1 aliphatic rings. The van der Waals surface area contributed by atoms with Gasteiger partial charge in [-0.2, -0.15) is 13.2 Å². The lowest BCUT2D eigenvalue weighted by Crippen LogP contribution is -2.26. The quantitative estimate of drug-likeness (QED) is 0.502. The summed E-state index contributed by atoms with van der Waals surface area (Å²) in [6, 6.07) is 12.1. The molecule has 1 aliphatic carbocycles. The number of esters is 1. The number of aromatic nitrogens is 2. The lowest BCUT2D eigenvalue weighted by molar-refractivity contribution is -0.151. The van der Waals surface area contributed by atoms with E-state index in [1.807, 2.05) is 24.3 Å². The first-order valence-corrected chi connectivity index (χ1v) is 10.1. The second kappa shape index (κ2) is 8.13. The summed E-state index contributed by atoms with van der Waals surface area (Å²) in [4.78, 5) is 17.2. The predicted molar refractivity (Wildman–Crippen MR) is 108 cm³/mol. The number of hydrogen-bond donors (Lipinski definition) is 0. The number of carbonyl (C=O) groups excluding carboxylic acids is 1. The largest absolute Gasteiger partial charge is 0.461 e. The first-order chi connectivity index (χ1) is 14.3. The summed E-state index contributed by atoms with van der Waals surface area (Å²) in [6.07, 6.45) is -0.554. The van der Waals surface area contributed by atoms with Gasteiger partial charge in [0.2, 0.25) is 0 Å². The van der Waals surface area contributed by atoms with Crippen LogP contribution in [0.5, 0.6) is 0 Å². The lowest BCUT2D eigenvalue weighted by Gasteiger charge is -2.26. The van der Waals surface area contributed by atoms with E-state index in [1.165, 1.54) is 12.1 Å². The Kier molecular flexibility index (Phi) is 5.54. The summed E-state index contributed by atoms with van der Waals surface area (Å²) < 4.78 is 46.1. The van der Waals surface area contributed by atoms with Crippen molar-refractivity contribution in [2.75, 3.05) is 0 Å². The van der Waals surface area contributed by atoms with Gasteiger partial charge in [0.15, 0.2) is 0 Å². The van der Waals surface area contributed by atoms with Crippen LogP contribution in [0, 0.1) is 5.92 Å². The molecule has 2 unspecified atom stereocenters. The van der Waals surface area contributed by atoms with Crippen molar-refractivity contribution in [1.29, 1.82) is 0 Å². The van der Waals surface area contributed by atoms with Crippen molar-refractivity contribution in [2.45, 2.75) is 51.4 Å². The Morgan fingerprint density at radius 1 is 1.13 bits per heavy atom. The molecule has 7 heteroatoms. The maximum Gasteiger partial charge on any atom is 0.416 e. The van der Waals surface area contributed by atoms with E-state index in [9.17, 15) is 18.0 Å². The average molecular weight is 416 g/mol. The number of fused-ring (bicyclic) bond motifs is 1. The molecule has 2 atom stereocenters. The number of para-hydroxylation sites is 2. The van der Waals surface area contributed by atoms with Crippen molar-refractivity contribution < 1.29 is 22.7 Å². The van der Waals surface area contributed by atoms with Gasteiger partial charge in [-0.1, -0.05) is 37.6 Å². The molecule has 0 aliphatic heterocycles. The van der Waals surface area contributed by atoms with Crippen LogP contribution in [-0.4, -0.2) is 21.6 Å². The maximum atomic E-state index is 12.9. The topological polar surface area (TPSA) is 44.1 Å². The van der Waals surface area contributed by atoms with Gasteiger partial charge in [0.1, 0.15) is 18.5 Å². The summed E-state index contributed by atoms with van der Waals surface area (Å²) in [5.74, 6) is 0.623. The number of imidazole rings is 1. The number of benzene rings is 2. The van der Waals surface area contributed by atoms with Crippen LogP contribution < -0.4 is 0 Å². The zero-order chi connectivity index (χ0) is 21.3. The Hall–Kier alpha value is -2.83. The third-order valence-electron chi connectivity index (χ3n) is 5.60. The first-order valence-electron chi connectivity index (χ1n) is 10.1. The minimum Gasteiger partial charge on any atom is -0.461 e. The number of ether oxygens (including phenoxy) is 1. The molecule has 0 amide bonds. The van der Waals surface area contributed by atoms with Crippen LogP contribution in [-0.2, 0) is 22.3 Å². The molecule has 1 saturated carbocycles. The second-order valence-corrected chi connectivity index (χ2v) is 7.97. The van der Waals surface area contributed by atoms with Gasteiger partial charge in [-0.05, 0) is 49.4 Å². The zero-order valence-electron chi connectivity index (χ0n) is 16.7. The van der Waals surface area contributed by atoms with Crippen LogP contribution in [0.25, 0.3) is 22.4 Å². The van der Waals surface area contributed by atoms with E-state index in [-0.39, 0.29) is 18.6 Å². The number of rotatable bonds is 4. The van der Waals surface area contributed by atoms with Crippen LogP contribution in [0.4, 0.5) is 13.2 Å².